The van der Waals surface area contributed by atoms with E-state index in [1.54, 1.807) is 31.2 Å². The van der Waals surface area contributed by atoms with Crippen molar-refractivity contribution in [3.05, 3.63) is 65.2 Å². The highest BCUT2D eigenvalue weighted by Crippen LogP contribution is 2.31. The SMILES string of the molecule is CCOC(=O)c1ccc(NC(=O)N2CCCCC[C@H]2c2ccc(C)cc2)cc1. The lowest BCUT2D eigenvalue weighted by molar-refractivity contribution is 0.0526. The van der Waals surface area contributed by atoms with Crippen LogP contribution in [0.5, 0.6) is 0 Å². The Morgan fingerprint density at radius 3 is 2.43 bits per heavy atom. The first-order valence-electron chi connectivity index (χ1n) is 10.00. The molecule has 0 unspecified atom stereocenters. The van der Waals surface area contributed by atoms with Crippen LogP contribution in [0.15, 0.2) is 48.5 Å². The van der Waals surface area contributed by atoms with E-state index in [4.69, 9.17) is 4.74 Å². The fraction of sp³-hybridized carbons (Fsp3) is 0.391. The Hall–Kier alpha value is -2.82. The van der Waals surface area contributed by atoms with Gasteiger partial charge in [-0.05, 0) is 56.5 Å². The molecule has 2 aromatic rings. The summed E-state index contributed by atoms with van der Waals surface area (Å²) in [6.45, 7) is 4.93. The first-order valence-corrected chi connectivity index (χ1v) is 10.00. The molecule has 3 rings (SSSR count). The van der Waals surface area contributed by atoms with Crippen LogP contribution in [0, 0.1) is 6.92 Å². The molecule has 0 bridgehead atoms. The molecule has 28 heavy (non-hydrogen) atoms. The molecule has 0 radical (unpaired) electrons. The van der Waals surface area contributed by atoms with Gasteiger partial charge in [-0.2, -0.15) is 0 Å². The standard InChI is InChI=1S/C23H28N2O3/c1-3-28-22(26)19-12-14-20(15-13-19)24-23(27)25-16-6-4-5-7-21(25)18-10-8-17(2)9-11-18/h8-15,21H,3-7,16H2,1-2H3,(H,24,27)/t21-/m0/s1. The smallest absolute Gasteiger partial charge is 0.338 e. The number of aryl methyl sites for hydroxylation is 1. The number of anilines is 1. The van der Waals surface area contributed by atoms with Crippen molar-refractivity contribution in [1.29, 1.82) is 0 Å². The van der Waals surface area contributed by atoms with Crippen molar-refractivity contribution >= 4 is 17.7 Å². The van der Waals surface area contributed by atoms with Crippen molar-refractivity contribution in [3.63, 3.8) is 0 Å². The van der Waals surface area contributed by atoms with Gasteiger partial charge in [-0.15, -0.1) is 0 Å². The molecule has 0 spiro atoms. The highest BCUT2D eigenvalue weighted by molar-refractivity contribution is 5.92. The Kier molecular flexibility index (Phi) is 6.69. The molecule has 1 saturated heterocycles. The van der Waals surface area contributed by atoms with E-state index in [0.29, 0.717) is 17.9 Å². The molecule has 2 aromatic carbocycles. The molecular formula is C23H28N2O3. The third-order valence-electron chi connectivity index (χ3n) is 5.12. The zero-order valence-electron chi connectivity index (χ0n) is 16.6. The van der Waals surface area contributed by atoms with Gasteiger partial charge < -0.3 is 15.0 Å². The number of nitrogens with one attached hydrogen (secondary N) is 1. The summed E-state index contributed by atoms with van der Waals surface area (Å²) in [7, 11) is 0. The van der Waals surface area contributed by atoms with E-state index in [1.165, 1.54) is 11.1 Å². The maximum absolute atomic E-state index is 13.0. The lowest BCUT2D eigenvalue weighted by atomic mass is 10.00. The second-order valence-corrected chi connectivity index (χ2v) is 7.20. The molecule has 2 amide bonds. The average molecular weight is 380 g/mol. The number of nitrogens with zero attached hydrogens (tertiary/aromatic N) is 1. The molecule has 148 valence electrons. The van der Waals surface area contributed by atoms with Crippen LogP contribution in [0.2, 0.25) is 0 Å². The molecule has 1 N–H and O–H groups in total. The van der Waals surface area contributed by atoms with Gasteiger partial charge in [0.25, 0.3) is 0 Å². The zero-order chi connectivity index (χ0) is 19.9. The van der Waals surface area contributed by atoms with Gasteiger partial charge in [0, 0.05) is 12.2 Å². The van der Waals surface area contributed by atoms with E-state index in [-0.39, 0.29) is 18.0 Å². The number of carbonyl (C=O) groups excluding carboxylic acids is 2. The average Bonchev–Trinajstić information content (AvgIpc) is 2.95. The van der Waals surface area contributed by atoms with Gasteiger partial charge in [0.15, 0.2) is 0 Å². The van der Waals surface area contributed by atoms with Gasteiger partial charge in [-0.25, -0.2) is 9.59 Å². The highest BCUT2D eigenvalue weighted by Gasteiger charge is 2.26. The Labute approximate surface area is 166 Å². The number of esters is 1. The summed E-state index contributed by atoms with van der Waals surface area (Å²) in [6.07, 6.45) is 4.24. The van der Waals surface area contributed by atoms with Gasteiger partial charge in [0.2, 0.25) is 0 Å². The lowest BCUT2D eigenvalue weighted by Gasteiger charge is -2.30. The van der Waals surface area contributed by atoms with E-state index in [0.717, 1.165) is 32.2 Å². The molecule has 5 heteroatoms. The maximum Gasteiger partial charge on any atom is 0.338 e. The molecule has 0 saturated carbocycles. The Bertz CT molecular complexity index is 800. The van der Waals surface area contributed by atoms with Gasteiger partial charge >= 0.3 is 12.0 Å². The number of hydrogen-bond donors (Lipinski definition) is 1. The van der Waals surface area contributed by atoms with Crippen LogP contribution in [-0.4, -0.2) is 30.1 Å². The van der Waals surface area contributed by atoms with Crippen LogP contribution in [0.1, 0.15) is 60.1 Å². The minimum absolute atomic E-state index is 0.0851. The predicted molar refractivity (Wildman–Crippen MR) is 111 cm³/mol. The molecule has 0 aliphatic carbocycles. The van der Waals surface area contributed by atoms with Crippen molar-refractivity contribution in [1.82, 2.24) is 4.90 Å². The number of likely N-dealkylation sites (tertiary alicyclic amines) is 1. The van der Waals surface area contributed by atoms with Gasteiger partial charge in [-0.3, -0.25) is 0 Å². The predicted octanol–water partition coefficient (Wildman–Crippen LogP) is 5.32. The van der Waals surface area contributed by atoms with E-state index in [2.05, 4.69) is 36.5 Å². The van der Waals surface area contributed by atoms with Crippen molar-refractivity contribution in [2.45, 2.75) is 45.6 Å². The second kappa shape index (κ2) is 9.40. The highest BCUT2D eigenvalue weighted by atomic mass is 16.5. The monoisotopic (exact) mass is 380 g/mol. The molecule has 1 aliphatic heterocycles. The lowest BCUT2D eigenvalue weighted by Crippen LogP contribution is -2.38. The summed E-state index contributed by atoms with van der Waals surface area (Å²) in [5.74, 6) is -0.354. The number of benzene rings is 2. The molecular weight excluding hydrogens is 352 g/mol. The zero-order valence-corrected chi connectivity index (χ0v) is 16.6. The van der Waals surface area contributed by atoms with Crippen LogP contribution in [-0.2, 0) is 4.74 Å². The molecule has 1 aliphatic rings. The number of amides is 2. The summed E-state index contributed by atoms with van der Waals surface area (Å²) < 4.78 is 4.99. The summed E-state index contributed by atoms with van der Waals surface area (Å²) in [4.78, 5) is 26.7. The fourth-order valence-electron chi connectivity index (χ4n) is 3.59. The summed E-state index contributed by atoms with van der Waals surface area (Å²) in [5.41, 5.74) is 3.55. The van der Waals surface area contributed by atoms with Crippen LogP contribution < -0.4 is 5.32 Å². The maximum atomic E-state index is 13.0. The van der Waals surface area contributed by atoms with Crippen LogP contribution in [0.3, 0.4) is 0 Å². The van der Waals surface area contributed by atoms with Gasteiger partial charge in [0.1, 0.15) is 0 Å². The van der Waals surface area contributed by atoms with E-state index < -0.39 is 0 Å². The third-order valence-corrected chi connectivity index (χ3v) is 5.12. The number of carbonyl (C=O) groups is 2. The normalized spacial score (nSPS) is 16.9. The molecule has 0 aromatic heterocycles. The summed E-state index contributed by atoms with van der Waals surface area (Å²) >= 11 is 0. The molecule has 1 fully saturated rings. The minimum Gasteiger partial charge on any atom is -0.462 e. The summed E-state index contributed by atoms with van der Waals surface area (Å²) in [6, 6.07) is 15.3. The third kappa shape index (κ3) is 4.91. The number of rotatable bonds is 4. The minimum atomic E-state index is -0.354. The largest absolute Gasteiger partial charge is 0.462 e. The first-order chi connectivity index (χ1) is 13.6. The second-order valence-electron chi connectivity index (χ2n) is 7.20. The summed E-state index contributed by atoms with van der Waals surface area (Å²) in [5, 5.41) is 2.98. The van der Waals surface area contributed by atoms with Crippen LogP contribution in [0.4, 0.5) is 10.5 Å². The van der Waals surface area contributed by atoms with Gasteiger partial charge in [-0.1, -0.05) is 42.7 Å². The van der Waals surface area contributed by atoms with Crippen LogP contribution >= 0.6 is 0 Å². The van der Waals surface area contributed by atoms with Crippen LogP contribution in [0.25, 0.3) is 0 Å². The molecule has 1 atom stereocenters. The first kappa shape index (κ1) is 19.9. The molecule has 1 heterocycles. The number of urea groups is 1. The van der Waals surface area contributed by atoms with Crippen molar-refractivity contribution in [3.8, 4) is 0 Å². The Balaban J connectivity index is 1.73. The van der Waals surface area contributed by atoms with E-state index >= 15 is 0 Å². The van der Waals surface area contributed by atoms with Crippen molar-refractivity contribution in [2.75, 3.05) is 18.5 Å². The fourth-order valence-corrected chi connectivity index (χ4v) is 3.59. The Morgan fingerprint density at radius 1 is 1.04 bits per heavy atom. The van der Waals surface area contributed by atoms with Crippen molar-refractivity contribution < 1.29 is 14.3 Å². The number of ether oxygens (including phenoxy) is 1. The van der Waals surface area contributed by atoms with Gasteiger partial charge in [0.05, 0.1) is 18.2 Å². The van der Waals surface area contributed by atoms with E-state index in [9.17, 15) is 9.59 Å². The Morgan fingerprint density at radius 2 is 1.75 bits per heavy atom. The van der Waals surface area contributed by atoms with E-state index in [1.807, 2.05) is 4.90 Å². The quantitative estimate of drug-likeness (QED) is 0.730. The van der Waals surface area contributed by atoms with Crippen molar-refractivity contribution in [2.24, 2.45) is 0 Å². The topological polar surface area (TPSA) is 58.6 Å². The number of hydrogen-bond acceptors (Lipinski definition) is 3. The molecule has 5 nitrogen and oxygen atoms in total.